The number of amides is 2. The molecule has 0 fully saturated rings. The Morgan fingerprint density at radius 3 is 2.10 bits per heavy atom. The van der Waals surface area contributed by atoms with E-state index >= 15 is 0 Å². The van der Waals surface area contributed by atoms with Gasteiger partial charge in [-0.2, -0.15) is 0 Å². The van der Waals surface area contributed by atoms with Gasteiger partial charge in [0.05, 0.1) is 10.6 Å². The molecule has 0 heterocycles. The Bertz CT molecular complexity index is 1420. The van der Waals surface area contributed by atoms with Gasteiger partial charge in [0.1, 0.15) is 12.6 Å². The van der Waals surface area contributed by atoms with Gasteiger partial charge >= 0.3 is 0 Å². The SMILES string of the molecule is Cc1ccc(N(CC(=O)N(Cc2cccc(Cl)c2)C(C)C(=O)NC(C)(C)C)S(=O)(=O)c2ccc(Cl)cc2)cc1. The first-order valence-corrected chi connectivity index (χ1v) is 14.6. The summed E-state index contributed by atoms with van der Waals surface area (Å²) in [6.07, 6.45) is 0. The number of hydrogen-bond donors (Lipinski definition) is 1. The molecular formula is C29H33Cl2N3O4S. The highest BCUT2D eigenvalue weighted by Gasteiger charge is 2.33. The van der Waals surface area contributed by atoms with Crippen LogP contribution in [0.2, 0.25) is 10.0 Å². The molecule has 208 valence electrons. The lowest BCUT2D eigenvalue weighted by Gasteiger charge is -2.33. The van der Waals surface area contributed by atoms with Gasteiger partial charge in [-0.25, -0.2) is 8.42 Å². The largest absolute Gasteiger partial charge is 0.350 e. The van der Waals surface area contributed by atoms with Crippen molar-refractivity contribution in [1.82, 2.24) is 10.2 Å². The van der Waals surface area contributed by atoms with Crippen LogP contribution in [0.1, 0.15) is 38.8 Å². The Kier molecular flexibility index (Phi) is 9.69. The van der Waals surface area contributed by atoms with E-state index in [1.807, 2.05) is 27.7 Å². The Hall–Kier alpha value is -3.07. The molecule has 0 aromatic heterocycles. The second-order valence-corrected chi connectivity index (χ2v) is 13.1. The summed E-state index contributed by atoms with van der Waals surface area (Å²) in [5.74, 6) is -0.912. The van der Waals surface area contributed by atoms with Gasteiger partial charge in [0.25, 0.3) is 10.0 Å². The summed E-state index contributed by atoms with van der Waals surface area (Å²) in [4.78, 5) is 28.4. The van der Waals surface area contributed by atoms with Crippen LogP contribution < -0.4 is 9.62 Å². The maximum absolute atomic E-state index is 13.9. The molecule has 0 aliphatic rings. The zero-order chi connectivity index (χ0) is 29.0. The average molecular weight is 591 g/mol. The average Bonchev–Trinajstić information content (AvgIpc) is 2.85. The number of aryl methyl sites for hydroxylation is 1. The highest BCUT2D eigenvalue weighted by atomic mass is 35.5. The van der Waals surface area contributed by atoms with Gasteiger partial charge in [0, 0.05) is 22.1 Å². The fraction of sp³-hybridized carbons (Fsp3) is 0.310. The summed E-state index contributed by atoms with van der Waals surface area (Å²) in [6, 6.07) is 18.7. The first-order chi connectivity index (χ1) is 18.2. The Morgan fingerprint density at radius 1 is 0.923 bits per heavy atom. The van der Waals surface area contributed by atoms with Crippen LogP contribution in [0.25, 0.3) is 0 Å². The molecule has 3 aromatic rings. The summed E-state index contributed by atoms with van der Waals surface area (Å²) < 4.78 is 28.6. The zero-order valence-corrected chi connectivity index (χ0v) is 24.9. The number of anilines is 1. The van der Waals surface area contributed by atoms with Crippen molar-refractivity contribution in [2.24, 2.45) is 0 Å². The molecule has 0 aliphatic heterocycles. The molecule has 7 nitrogen and oxygen atoms in total. The second-order valence-electron chi connectivity index (χ2n) is 10.4. The third kappa shape index (κ3) is 8.21. The number of carbonyl (C=O) groups is 2. The third-order valence-electron chi connectivity index (χ3n) is 5.91. The minimum absolute atomic E-state index is 0.0137. The van der Waals surface area contributed by atoms with Crippen molar-refractivity contribution in [2.45, 2.75) is 57.6 Å². The summed E-state index contributed by atoms with van der Waals surface area (Å²) >= 11 is 12.2. The second kappa shape index (κ2) is 12.4. The van der Waals surface area contributed by atoms with E-state index in [2.05, 4.69) is 5.32 Å². The minimum atomic E-state index is -4.16. The fourth-order valence-electron chi connectivity index (χ4n) is 3.86. The highest BCUT2D eigenvalue weighted by molar-refractivity contribution is 7.92. The van der Waals surface area contributed by atoms with Crippen LogP contribution in [0.3, 0.4) is 0 Å². The fourth-order valence-corrected chi connectivity index (χ4v) is 5.62. The predicted molar refractivity (Wildman–Crippen MR) is 157 cm³/mol. The van der Waals surface area contributed by atoms with Gasteiger partial charge < -0.3 is 10.2 Å². The summed E-state index contributed by atoms with van der Waals surface area (Å²) in [7, 11) is -4.16. The van der Waals surface area contributed by atoms with Crippen molar-refractivity contribution in [3.8, 4) is 0 Å². The van der Waals surface area contributed by atoms with E-state index in [1.54, 1.807) is 55.5 Å². The van der Waals surface area contributed by atoms with Crippen molar-refractivity contribution < 1.29 is 18.0 Å². The van der Waals surface area contributed by atoms with E-state index < -0.39 is 34.1 Å². The van der Waals surface area contributed by atoms with E-state index in [0.29, 0.717) is 21.3 Å². The molecule has 3 rings (SSSR count). The van der Waals surface area contributed by atoms with Gasteiger partial charge in [-0.05, 0) is 88.7 Å². The monoisotopic (exact) mass is 589 g/mol. The van der Waals surface area contributed by atoms with Crippen molar-refractivity contribution in [3.63, 3.8) is 0 Å². The molecule has 0 radical (unpaired) electrons. The molecule has 1 atom stereocenters. The van der Waals surface area contributed by atoms with Crippen molar-refractivity contribution in [3.05, 3.63) is 94.0 Å². The number of benzene rings is 3. The smallest absolute Gasteiger partial charge is 0.264 e. The molecule has 0 saturated carbocycles. The van der Waals surface area contributed by atoms with Crippen LogP contribution >= 0.6 is 23.2 Å². The number of rotatable bonds is 9. The van der Waals surface area contributed by atoms with E-state index in [4.69, 9.17) is 23.2 Å². The molecule has 0 spiro atoms. The number of carbonyl (C=O) groups excluding carboxylic acids is 2. The molecule has 10 heteroatoms. The number of sulfonamides is 1. The summed E-state index contributed by atoms with van der Waals surface area (Å²) in [5.41, 5.74) is 1.43. The Balaban J connectivity index is 2.03. The molecule has 39 heavy (non-hydrogen) atoms. The molecule has 0 bridgehead atoms. The number of nitrogens with zero attached hydrogens (tertiary/aromatic N) is 2. The van der Waals surface area contributed by atoms with Gasteiger partial charge in [0.15, 0.2) is 0 Å². The lowest BCUT2D eigenvalue weighted by Crippen LogP contribution is -2.54. The van der Waals surface area contributed by atoms with Crippen molar-refractivity contribution >= 4 is 50.7 Å². The van der Waals surface area contributed by atoms with E-state index in [0.717, 1.165) is 9.87 Å². The quantitative estimate of drug-likeness (QED) is 0.340. The minimum Gasteiger partial charge on any atom is -0.350 e. The van der Waals surface area contributed by atoms with Gasteiger partial charge in [-0.15, -0.1) is 0 Å². The number of halogens is 2. The Morgan fingerprint density at radius 2 is 1.54 bits per heavy atom. The summed E-state index contributed by atoms with van der Waals surface area (Å²) in [5, 5.41) is 3.77. The van der Waals surface area contributed by atoms with Crippen molar-refractivity contribution in [2.75, 3.05) is 10.8 Å². The van der Waals surface area contributed by atoms with Crippen LogP contribution in [-0.2, 0) is 26.2 Å². The van der Waals surface area contributed by atoms with Crippen LogP contribution in [0.15, 0.2) is 77.7 Å². The van der Waals surface area contributed by atoms with Crippen LogP contribution in [0, 0.1) is 6.92 Å². The maximum atomic E-state index is 13.9. The lowest BCUT2D eigenvalue weighted by atomic mass is 10.1. The molecule has 1 N–H and O–H groups in total. The topological polar surface area (TPSA) is 86.8 Å². The van der Waals surface area contributed by atoms with Crippen molar-refractivity contribution in [1.29, 1.82) is 0 Å². The third-order valence-corrected chi connectivity index (χ3v) is 8.19. The van der Waals surface area contributed by atoms with Gasteiger partial charge in [-0.1, -0.05) is 53.0 Å². The summed E-state index contributed by atoms with van der Waals surface area (Å²) in [6.45, 7) is 8.57. The van der Waals surface area contributed by atoms with Gasteiger partial charge in [0.2, 0.25) is 11.8 Å². The molecule has 2 amide bonds. The van der Waals surface area contributed by atoms with Crippen LogP contribution in [0.4, 0.5) is 5.69 Å². The maximum Gasteiger partial charge on any atom is 0.264 e. The zero-order valence-electron chi connectivity index (χ0n) is 22.6. The van der Waals surface area contributed by atoms with E-state index in [-0.39, 0.29) is 17.3 Å². The number of hydrogen-bond acceptors (Lipinski definition) is 4. The molecular weight excluding hydrogens is 557 g/mol. The van der Waals surface area contributed by atoms with E-state index in [1.165, 1.54) is 29.2 Å². The van der Waals surface area contributed by atoms with Crippen LogP contribution in [0.5, 0.6) is 0 Å². The van der Waals surface area contributed by atoms with E-state index in [9.17, 15) is 18.0 Å². The van der Waals surface area contributed by atoms with Gasteiger partial charge in [-0.3, -0.25) is 13.9 Å². The first-order valence-electron chi connectivity index (χ1n) is 12.4. The molecule has 3 aromatic carbocycles. The molecule has 1 unspecified atom stereocenters. The lowest BCUT2D eigenvalue weighted by molar-refractivity contribution is -0.140. The first kappa shape index (κ1) is 30.5. The highest BCUT2D eigenvalue weighted by Crippen LogP contribution is 2.26. The standard InChI is InChI=1S/C29H33Cl2N3O4S/c1-20-9-13-25(14-10-20)34(39(37,38)26-15-11-23(30)12-16-26)19-27(35)33(18-22-7-6-8-24(31)17-22)21(2)28(36)32-29(3,4)5/h6-17,21H,18-19H2,1-5H3,(H,32,36). The molecule has 0 aliphatic carbocycles. The van der Waals surface area contributed by atoms with Crippen LogP contribution in [-0.4, -0.2) is 43.3 Å². The number of nitrogens with one attached hydrogen (secondary N) is 1. The normalized spacial score (nSPS) is 12.5. The Labute approximate surface area is 240 Å². The molecule has 0 saturated heterocycles. The predicted octanol–water partition coefficient (Wildman–Crippen LogP) is 5.83.